The van der Waals surface area contributed by atoms with Crippen molar-refractivity contribution in [3.05, 3.63) is 82.6 Å². The summed E-state index contributed by atoms with van der Waals surface area (Å²) in [6.45, 7) is 13.0. The number of nitrogens with zero attached hydrogens (tertiary/aromatic N) is 1. The Bertz CT molecular complexity index is 2450. The van der Waals surface area contributed by atoms with E-state index in [0.717, 1.165) is 32.6 Å². The number of esters is 2. The highest BCUT2D eigenvalue weighted by Gasteiger charge is 2.40. The maximum atomic E-state index is 14.2. The van der Waals surface area contributed by atoms with Crippen LogP contribution < -0.4 is 26.5 Å². The molecule has 4 aromatic rings. The Balaban J connectivity index is 1.23. The first-order valence-electron chi connectivity index (χ1n) is 19.7. The fraction of sp³-hybridized carbons (Fsp3) is 0.422. The van der Waals surface area contributed by atoms with Crippen molar-refractivity contribution >= 4 is 67.5 Å². The van der Waals surface area contributed by atoms with Crippen molar-refractivity contribution < 1.29 is 47.9 Å². The molecule has 2 aliphatic heterocycles. The van der Waals surface area contributed by atoms with Gasteiger partial charge < -0.3 is 49.5 Å². The van der Waals surface area contributed by atoms with Gasteiger partial charge in [0.05, 0.1) is 42.9 Å². The third kappa shape index (κ3) is 8.49. The van der Waals surface area contributed by atoms with E-state index < -0.39 is 34.5 Å². The first kappa shape index (κ1) is 41.6. The van der Waals surface area contributed by atoms with Crippen molar-refractivity contribution in [2.24, 2.45) is 4.99 Å². The standard InChI is InChI=1S/C45H52N4O10/c1-9-55-23-44(22-54-8)46-30-14-10-12-26-28(16-18-32(48-44)36(26)30)38-40(52)39(41(38)53)29-17-19-33-37-27(29)13-11-15-31(37)47-45(49-33,24-56-20-34(50)58-42(2,3)4)25-57-21-35(51)59-43(5,6)7/h10-19,46-47,49,52H,9,20-25H2,1-8H3/b38-28+. The van der Waals surface area contributed by atoms with Gasteiger partial charge in [0.15, 0.2) is 11.3 Å². The minimum absolute atomic E-state index is 0.0575. The molecule has 312 valence electrons. The molecule has 0 aromatic heterocycles. The zero-order valence-electron chi connectivity index (χ0n) is 34.8. The minimum atomic E-state index is -1.14. The van der Waals surface area contributed by atoms with E-state index in [9.17, 15) is 19.5 Å². The fourth-order valence-electron chi connectivity index (χ4n) is 7.83. The van der Waals surface area contributed by atoms with Crippen LogP contribution in [0.5, 0.6) is 0 Å². The summed E-state index contributed by atoms with van der Waals surface area (Å²) in [7, 11) is 1.62. The molecule has 59 heavy (non-hydrogen) atoms. The monoisotopic (exact) mass is 808 g/mol. The molecule has 1 atom stereocenters. The zero-order chi connectivity index (χ0) is 42.3. The summed E-state index contributed by atoms with van der Waals surface area (Å²) < 4.78 is 33.9. The number of allylic oxidation sites excluding steroid dienone is 2. The summed E-state index contributed by atoms with van der Waals surface area (Å²) in [4.78, 5) is 44.3. The van der Waals surface area contributed by atoms with Crippen LogP contribution in [0.25, 0.3) is 32.7 Å². The number of benzene rings is 4. The van der Waals surface area contributed by atoms with Crippen molar-refractivity contribution in [2.75, 3.05) is 69.3 Å². The third-order valence-electron chi connectivity index (χ3n) is 9.88. The van der Waals surface area contributed by atoms with Crippen LogP contribution in [0, 0.1) is 0 Å². The number of hydrogen-bond acceptors (Lipinski definition) is 14. The molecule has 0 saturated heterocycles. The van der Waals surface area contributed by atoms with Crippen LogP contribution in [-0.2, 0) is 42.8 Å². The van der Waals surface area contributed by atoms with Gasteiger partial charge in [0, 0.05) is 41.6 Å². The first-order valence-corrected chi connectivity index (χ1v) is 19.7. The number of Topliss-reactive ketones (excluding diaryl/α,β-unsaturated/α-hetero) is 1. The lowest BCUT2D eigenvalue weighted by molar-refractivity contribution is -0.161. The number of methoxy groups -OCH3 is 1. The second-order valence-electron chi connectivity index (χ2n) is 17.0. The number of nitrogens with one attached hydrogen (secondary N) is 3. The lowest BCUT2D eigenvalue weighted by Gasteiger charge is -2.41. The van der Waals surface area contributed by atoms with E-state index in [0.29, 0.717) is 35.4 Å². The van der Waals surface area contributed by atoms with E-state index in [1.54, 1.807) is 54.7 Å². The molecule has 1 aliphatic carbocycles. The number of ketones is 1. The molecule has 0 saturated carbocycles. The molecule has 1 unspecified atom stereocenters. The third-order valence-corrected chi connectivity index (χ3v) is 9.88. The molecule has 4 N–H and O–H groups in total. The summed E-state index contributed by atoms with van der Waals surface area (Å²) in [6.07, 6.45) is 0. The van der Waals surface area contributed by atoms with Crippen molar-refractivity contribution in [1.82, 2.24) is 0 Å². The minimum Gasteiger partial charge on any atom is -0.506 e. The van der Waals surface area contributed by atoms with E-state index in [-0.39, 0.29) is 55.7 Å². The Morgan fingerprint density at radius 1 is 0.695 bits per heavy atom. The molecule has 0 fully saturated rings. The van der Waals surface area contributed by atoms with Gasteiger partial charge in [0.1, 0.15) is 30.2 Å². The largest absolute Gasteiger partial charge is 0.506 e. The Morgan fingerprint density at radius 3 is 1.86 bits per heavy atom. The molecule has 0 amide bonds. The maximum absolute atomic E-state index is 14.2. The molecular weight excluding hydrogens is 757 g/mol. The first-order chi connectivity index (χ1) is 28.0. The average molecular weight is 809 g/mol. The summed E-state index contributed by atoms with van der Waals surface area (Å²) in [5.74, 6) is -1.44. The molecule has 0 spiro atoms. The molecule has 3 aliphatic rings. The Morgan fingerprint density at radius 2 is 1.29 bits per heavy atom. The number of aliphatic hydroxyl groups excluding tert-OH is 1. The van der Waals surface area contributed by atoms with Crippen LogP contribution in [0.15, 0.2) is 71.4 Å². The summed E-state index contributed by atoms with van der Waals surface area (Å²) in [5.41, 5.74) is -0.123. The molecule has 7 rings (SSSR count). The highest BCUT2D eigenvalue weighted by atomic mass is 16.6. The maximum Gasteiger partial charge on any atom is 0.332 e. The van der Waals surface area contributed by atoms with Gasteiger partial charge >= 0.3 is 11.9 Å². The Kier molecular flexibility index (Phi) is 11.2. The van der Waals surface area contributed by atoms with Crippen LogP contribution in [0.4, 0.5) is 17.1 Å². The quantitative estimate of drug-likeness (QED) is 0.120. The van der Waals surface area contributed by atoms with Gasteiger partial charge in [0.25, 0.3) is 0 Å². The Labute approximate surface area is 342 Å². The van der Waals surface area contributed by atoms with Crippen molar-refractivity contribution in [3.8, 4) is 0 Å². The van der Waals surface area contributed by atoms with E-state index in [4.69, 9.17) is 33.4 Å². The van der Waals surface area contributed by atoms with E-state index in [1.807, 2.05) is 61.5 Å². The van der Waals surface area contributed by atoms with Gasteiger partial charge in [-0.15, -0.1) is 0 Å². The molecule has 4 aromatic carbocycles. The average Bonchev–Trinajstić information content (AvgIpc) is 3.15. The Hall–Kier alpha value is -5.54. The van der Waals surface area contributed by atoms with Gasteiger partial charge in [-0.2, -0.15) is 0 Å². The van der Waals surface area contributed by atoms with Crippen LogP contribution in [0.3, 0.4) is 0 Å². The number of anilines is 3. The van der Waals surface area contributed by atoms with Crippen molar-refractivity contribution in [1.29, 1.82) is 0 Å². The van der Waals surface area contributed by atoms with Crippen molar-refractivity contribution in [3.63, 3.8) is 0 Å². The molecule has 14 nitrogen and oxygen atoms in total. The number of carbonyl (C=O) groups excluding carboxylic acids is 3. The zero-order valence-corrected chi connectivity index (χ0v) is 34.8. The number of hydrogen-bond donors (Lipinski definition) is 4. The second-order valence-corrected chi connectivity index (χ2v) is 17.0. The van der Waals surface area contributed by atoms with Crippen LogP contribution in [-0.4, -0.2) is 98.7 Å². The molecule has 2 heterocycles. The predicted octanol–water partition coefficient (Wildman–Crippen LogP) is 5.37. The van der Waals surface area contributed by atoms with E-state index in [2.05, 4.69) is 16.0 Å². The molecule has 14 heteroatoms. The van der Waals surface area contributed by atoms with Gasteiger partial charge in [-0.25, -0.2) is 9.59 Å². The van der Waals surface area contributed by atoms with Gasteiger partial charge in [0.2, 0.25) is 5.78 Å². The normalized spacial score (nSPS) is 19.0. The number of carbonyl (C=O) groups is 3. The SMILES string of the molecule is CCOCC1(COC)N=c2cc/c(=C3\C(=O)C(c4ccc5c6c(cccc46)NC(COCC(=O)OC(C)(C)C)(COCC(=O)OC(C)(C)C)N5)=C3O)c3cccc(c23)N1. The molecule has 0 bridgehead atoms. The van der Waals surface area contributed by atoms with Gasteiger partial charge in [-0.3, -0.25) is 9.79 Å². The van der Waals surface area contributed by atoms with E-state index >= 15 is 0 Å². The number of ether oxygens (including phenoxy) is 6. The topological polar surface area (TPSA) is 175 Å². The summed E-state index contributed by atoms with van der Waals surface area (Å²) in [5, 5.41) is 26.7. The summed E-state index contributed by atoms with van der Waals surface area (Å²) in [6, 6.07) is 18.7. The lowest BCUT2D eigenvalue weighted by atomic mass is 9.79. The van der Waals surface area contributed by atoms with Crippen LogP contribution in [0.2, 0.25) is 0 Å². The van der Waals surface area contributed by atoms with Gasteiger partial charge in [-0.05, 0) is 94.3 Å². The smallest absolute Gasteiger partial charge is 0.332 e. The highest BCUT2D eigenvalue weighted by molar-refractivity contribution is 6.53. The fourth-order valence-corrected chi connectivity index (χ4v) is 7.83. The molecular formula is C45H52N4O10. The predicted molar refractivity (Wildman–Crippen MR) is 225 cm³/mol. The van der Waals surface area contributed by atoms with Crippen LogP contribution in [0.1, 0.15) is 54.0 Å². The van der Waals surface area contributed by atoms with Crippen LogP contribution >= 0.6 is 0 Å². The molecule has 0 radical (unpaired) electrons. The van der Waals surface area contributed by atoms with E-state index in [1.165, 1.54) is 0 Å². The highest BCUT2D eigenvalue weighted by Crippen LogP contribution is 2.45. The summed E-state index contributed by atoms with van der Waals surface area (Å²) >= 11 is 0. The lowest BCUT2D eigenvalue weighted by Crippen LogP contribution is -2.56. The second kappa shape index (κ2) is 15.9. The van der Waals surface area contributed by atoms with Gasteiger partial charge in [-0.1, -0.05) is 36.4 Å². The number of rotatable bonds is 14. The van der Waals surface area contributed by atoms with Crippen molar-refractivity contribution in [2.45, 2.75) is 71.0 Å². The number of aliphatic hydroxyl groups is 1.